The summed E-state index contributed by atoms with van der Waals surface area (Å²) in [6.07, 6.45) is 47.9. The molecule has 12 unspecified atom stereocenters. The van der Waals surface area contributed by atoms with E-state index >= 15 is 0 Å². The zero-order valence-electron chi connectivity index (χ0n) is 47.0. The molecule has 0 radical (unpaired) electrons. The molecule has 0 aromatic rings. The van der Waals surface area contributed by atoms with E-state index in [1.165, 1.54) is 109 Å². The molecule has 9 N–H and O–H groups in total. The van der Waals surface area contributed by atoms with Gasteiger partial charge in [-0.1, -0.05) is 221 Å². The van der Waals surface area contributed by atoms with E-state index in [1.54, 1.807) is 6.08 Å². The van der Waals surface area contributed by atoms with Gasteiger partial charge in [0, 0.05) is 6.42 Å². The van der Waals surface area contributed by atoms with Gasteiger partial charge in [0.05, 0.1) is 32.0 Å². The van der Waals surface area contributed by atoms with Crippen LogP contribution in [0, 0.1) is 0 Å². The van der Waals surface area contributed by atoms with Crippen molar-refractivity contribution in [3.63, 3.8) is 0 Å². The highest BCUT2D eigenvalue weighted by molar-refractivity contribution is 5.76. The number of hydrogen-bond donors (Lipinski definition) is 9. The van der Waals surface area contributed by atoms with Crippen molar-refractivity contribution in [2.45, 2.75) is 280 Å². The summed E-state index contributed by atoms with van der Waals surface area (Å²) in [7, 11) is 0. The van der Waals surface area contributed by atoms with Gasteiger partial charge in [0.2, 0.25) is 5.91 Å². The second-order valence-electron chi connectivity index (χ2n) is 20.7. The smallest absolute Gasteiger partial charge is 0.220 e. The number of ether oxygens (including phenoxy) is 4. The van der Waals surface area contributed by atoms with Gasteiger partial charge in [0.15, 0.2) is 12.6 Å². The third kappa shape index (κ3) is 32.3. The maximum absolute atomic E-state index is 13.0. The Balaban J connectivity index is 1.45. The standard InChI is InChI=1S/C62H107NO13/c1-3-5-7-8-9-10-11-12-13-14-15-16-17-18-19-20-21-22-23-24-25-26-27-28-29-30-31-32-33-34-35-36-37-38-39-40-41-42-44-46-54(67)63-50(51(66)45-43-6-4-2)49-73-61-59(72)57(70)60(53(48-65)75-61)76-62-58(71)56(69)55(68)52(47-64)74-62/h5,7,9-10,12-13,15-16,18-19,21-22,43,45,50-53,55-62,64-66,68-72H,3-4,6,8,11,14,17,20,23-42,44,46-49H2,1-2H3,(H,63,67)/b7-5-,10-9-,13-12-,16-15-,19-18-,22-21-,45-43+. The molecular formula is C62H107NO13. The third-order valence-electron chi connectivity index (χ3n) is 14.1. The largest absolute Gasteiger partial charge is 0.394 e. The number of nitrogens with one attached hydrogen (secondary N) is 1. The van der Waals surface area contributed by atoms with Crippen molar-refractivity contribution < 1.29 is 64.6 Å². The maximum atomic E-state index is 13.0. The Morgan fingerprint density at radius 2 is 0.908 bits per heavy atom. The number of aliphatic hydroxyl groups excluding tert-OH is 8. The predicted molar refractivity (Wildman–Crippen MR) is 304 cm³/mol. The molecule has 76 heavy (non-hydrogen) atoms. The van der Waals surface area contributed by atoms with E-state index in [1.807, 2.05) is 13.0 Å². The van der Waals surface area contributed by atoms with Crippen LogP contribution in [-0.2, 0) is 23.7 Å². The van der Waals surface area contributed by atoms with E-state index in [0.717, 1.165) is 70.6 Å². The first-order valence-corrected chi connectivity index (χ1v) is 29.8. The minimum absolute atomic E-state index is 0.252. The van der Waals surface area contributed by atoms with Gasteiger partial charge in [-0.25, -0.2) is 0 Å². The molecule has 2 rings (SSSR count). The molecule has 0 aromatic heterocycles. The van der Waals surface area contributed by atoms with Crippen molar-refractivity contribution in [1.82, 2.24) is 5.32 Å². The first-order valence-electron chi connectivity index (χ1n) is 29.8. The van der Waals surface area contributed by atoms with Gasteiger partial charge in [-0.2, -0.15) is 0 Å². The number of rotatable bonds is 46. The molecular weight excluding hydrogens is 967 g/mol. The molecule has 0 bridgehead atoms. The number of hydrogen-bond acceptors (Lipinski definition) is 13. The van der Waals surface area contributed by atoms with Crippen molar-refractivity contribution in [2.24, 2.45) is 0 Å². The van der Waals surface area contributed by atoms with Crippen LogP contribution in [0.25, 0.3) is 0 Å². The summed E-state index contributed by atoms with van der Waals surface area (Å²) in [4.78, 5) is 13.0. The van der Waals surface area contributed by atoms with Crippen molar-refractivity contribution in [2.75, 3.05) is 19.8 Å². The number of amides is 1. The molecule has 0 aromatic carbocycles. The van der Waals surface area contributed by atoms with Crippen LogP contribution in [0.4, 0.5) is 0 Å². The monoisotopic (exact) mass is 1070 g/mol. The molecule has 2 saturated heterocycles. The zero-order chi connectivity index (χ0) is 55.3. The Bertz CT molecular complexity index is 1600. The van der Waals surface area contributed by atoms with E-state index in [4.69, 9.17) is 18.9 Å². The van der Waals surface area contributed by atoms with Crippen LogP contribution in [0.15, 0.2) is 85.1 Å². The molecule has 2 fully saturated rings. The molecule has 0 saturated carbocycles. The van der Waals surface area contributed by atoms with Crippen LogP contribution in [-0.4, -0.2) is 140 Å². The Kier molecular flexibility index (Phi) is 42.9. The highest BCUT2D eigenvalue weighted by Crippen LogP contribution is 2.30. The second-order valence-corrected chi connectivity index (χ2v) is 20.7. The summed E-state index contributed by atoms with van der Waals surface area (Å²) in [6.45, 7) is 2.44. The molecule has 2 heterocycles. The topological polar surface area (TPSA) is 228 Å². The molecule has 2 aliphatic rings. The van der Waals surface area contributed by atoms with Crippen molar-refractivity contribution in [3.05, 3.63) is 85.1 Å². The van der Waals surface area contributed by atoms with Crippen LogP contribution in [0.5, 0.6) is 0 Å². The van der Waals surface area contributed by atoms with Crippen LogP contribution in [0.1, 0.15) is 206 Å². The highest BCUT2D eigenvalue weighted by atomic mass is 16.7. The average Bonchev–Trinajstić information content (AvgIpc) is 3.42. The van der Waals surface area contributed by atoms with Gasteiger partial charge in [-0.3, -0.25) is 4.79 Å². The fraction of sp³-hybridized carbons (Fsp3) is 0.758. The molecule has 438 valence electrons. The molecule has 14 nitrogen and oxygen atoms in total. The minimum atomic E-state index is -1.79. The molecule has 14 heteroatoms. The van der Waals surface area contributed by atoms with Crippen molar-refractivity contribution >= 4 is 5.91 Å². The normalized spacial score (nSPS) is 25.5. The van der Waals surface area contributed by atoms with Crippen LogP contribution in [0.3, 0.4) is 0 Å². The lowest BCUT2D eigenvalue weighted by atomic mass is 9.97. The molecule has 12 atom stereocenters. The number of carbonyl (C=O) groups excluding carboxylic acids is 1. The third-order valence-corrected chi connectivity index (χ3v) is 14.1. The number of unbranched alkanes of at least 4 members (excludes halogenated alkanes) is 21. The number of aliphatic hydroxyl groups is 8. The van der Waals surface area contributed by atoms with Gasteiger partial charge in [-0.05, 0) is 64.2 Å². The van der Waals surface area contributed by atoms with E-state index in [9.17, 15) is 45.6 Å². The van der Waals surface area contributed by atoms with Gasteiger partial charge in [0.25, 0.3) is 0 Å². The lowest BCUT2D eigenvalue weighted by Crippen LogP contribution is -2.65. The van der Waals surface area contributed by atoms with E-state index < -0.39 is 86.8 Å². The predicted octanol–water partition coefficient (Wildman–Crippen LogP) is 10.1. The highest BCUT2D eigenvalue weighted by Gasteiger charge is 2.51. The Hall–Kier alpha value is -2.83. The Morgan fingerprint density at radius 3 is 1.37 bits per heavy atom. The summed E-state index contributed by atoms with van der Waals surface area (Å²) in [6, 6.07) is -0.911. The summed E-state index contributed by atoms with van der Waals surface area (Å²) in [5, 5.41) is 86.0. The van der Waals surface area contributed by atoms with Gasteiger partial charge in [0.1, 0.15) is 48.8 Å². The number of carbonyl (C=O) groups is 1. The first kappa shape index (κ1) is 69.3. The first-order chi connectivity index (χ1) is 37.1. The fourth-order valence-electron chi connectivity index (χ4n) is 9.30. The Labute approximate surface area is 459 Å². The van der Waals surface area contributed by atoms with Crippen molar-refractivity contribution in [1.29, 1.82) is 0 Å². The van der Waals surface area contributed by atoms with E-state index in [-0.39, 0.29) is 18.9 Å². The summed E-state index contributed by atoms with van der Waals surface area (Å²) in [5.74, 6) is -0.252. The number of allylic oxidation sites excluding steroid dienone is 13. The molecule has 1 amide bonds. The fourth-order valence-corrected chi connectivity index (χ4v) is 9.30. The minimum Gasteiger partial charge on any atom is -0.394 e. The molecule has 0 spiro atoms. The quantitative estimate of drug-likeness (QED) is 0.0205. The lowest BCUT2D eigenvalue weighted by molar-refractivity contribution is -0.359. The van der Waals surface area contributed by atoms with E-state index in [0.29, 0.717) is 6.42 Å². The van der Waals surface area contributed by atoms with Crippen LogP contribution >= 0.6 is 0 Å². The van der Waals surface area contributed by atoms with Gasteiger partial charge >= 0.3 is 0 Å². The van der Waals surface area contributed by atoms with Gasteiger partial charge < -0.3 is 65.1 Å². The van der Waals surface area contributed by atoms with Gasteiger partial charge in [-0.15, -0.1) is 0 Å². The van der Waals surface area contributed by atoms with E-state index in [2.05, 4.69) is 85.2 Å². The second kappa shape index (κ2) is 47.0. The van der Waals surface area contributed by atoms with Crippen LogP contribution < -0.4 is 5.32 Å². The maximum Gasteiger partial charge on any atom is 0.220 e. The van der Waals surface area contributed by atoms with Crippen molar-refractivity contribution in [3.8, 4) is 0 Å². The Morgan fingerprint density at radius 1 is 0.487 bits per heavy atom. The summed E-state index contributed by atoms with van der Waals surface area (Å²) >= 11 is 0. The SMILES string of the molecule is CC/C=C\C/C=C\C/C=C\C/C=C\C/C=C\C/C=C\CCCCCCCCCCCCCCCCCCCCCCC(=O)NC(COC1OC(CO)C(OC2OC(CO)C(O)C(O)C2O)C(O)C1O)C(O)/C=C/CCC. The average molecular weight is 1070 g/mol. The lowest BCUT2D eigenvalue weighted by Gasteiger charge is -2.46. The van der Waals surface area contributed by atoms with Crippen LogP contribution in [0.2, 0.25) is 0 Å². The zero-order valence-corrected chi connectivity index (χ0v) is 47.0. The molecule has 0 aliphatic carbocycles. The summed E-state index contributed by atoms with van der Waals surface area (Å²) < 4.78 is 22.5. The molecule has 2 aliphatic heterocycles. The summed E-state index contributed by atoms with van der Waals surface area (Å²) in [5.41, 5.74) is 0.